The quantitative estimate of drug-likeness (QED) is 0.601. The lowest BCUT2D eigenvalue weighted by atomic mass is 10.2. The van der Waals surface area contributed by atoms with E-state index in [2.05, 4.69) is 5.32 Å². The topological polar surface area (TPSA) is 127 Å². The number of benzene rings is 1. The molecule has 2 fully saturated rings. The van der Waals surface area contributed by atoms with Crippen LogP contribution in [0.1, 0.15) is 19.3 Å². The number of carbonyl (C=O) groups is 2. The number of esters is 1. The number of nitrogens with zero attached hydrogens (tertiary/aromatic N) is 1. The van der Waals surface area contributed by atoms with E-state index in [0.29, 0.717) is 17.9 Å². The molecule has 2 atom stereocenters. The average molecular weight is 465 g/mol. The molecular weight excluding hydrogens is 444 g/mol. The Morgan fingerprint density at radius 2 is 1.90 bits per heavy atom. The minimum absolute atomic E-state index is 0.0112. The number of ether oxygens (including phenoxy) is 1. The second-order valence-electron chi connectivity index (χ2n) is 7.00. The maximum atomic E-state index is 12.8. The molecule has 3 rings (SSSR count). The van der Waals surface area contributed by atoms with Crippen molar-refractivity contribution < 1.29 is 31.2 Å². The van der Waals surface area contributed by atoms with Crippen molar-refractivity contribution in [3.63, 3.8) is 0 Å². The molecule has 1 aromatic carbocycles. The van der Waals surface area contributed by atoms with Gasteiger partial charge in [0.05, 0.1) is 16.4 Å². The Bertz CT molecular complexity index is 993. The number of sulfone groups is 1. The number of hydrogen-bond acceptors (Lipinski definition) is 7. The Labute approximate surface area is 174 Å². The van der Waals surface area contributed by atoms with Crippen molar-refractivity contribution in [2.75, 3.05) is 24.7 Å². The van der Waals surface area contributed by atoms with E-state index in [-0.39, 0.29) is 29.4 Å². The number of rotatable bonds is 6. The number of halogens is 1. The van der Waals surface area contributed by atoms with Crippen molar-refractivity contribution in [2.45, 2.75) is 36.2 Å². The molecule has 9 nitrogen and oxygen atoms in total. The fourth-order valence-corrected chi connectivity index (χ4v) is 6.86. The number of carbonyl (C=O) groups excluding carboxylic acids is 2. The van der Waals surface area contributed by atoms with Gasteiger partial charge >= 0.3 is 5.97 Å². The van der Waals surface area contributed by atoms with Crippen LogP contribution in [0, 0.1) is 0 Å². The summed E-state index contributed by atoms with van der Waals surface area (Å²) in [5.41, 5.74) is 0. The van der Waals surface area contributed by atoms with E-state index in [9.17, 15) is 26.4 Å². The maximum Gasteiger partial charge on any atom is 0.324 e. The van der Waals surface area contributed by atoms with E-state index >= 15 is 0 Å². The molecule has 1 aromatic rings. The Kier molecular flexibility index (Phi) is 6.51. The highest BCUT2D eigenvalue weighted by atomic mass is 35.5. The molecule has 29 heavy (non-hydrogen) atoms. The van der Waals surface area contributed by atoms with Gasteiger partial charge in [-0.15, -0.1) is 0 Å². The van der Waals surface area contributed by atoms with Crippen molar-refractivity contribution in [1.82, 2.24) is 9.62 Å². The molecule has 0 unspecified atom stereocenters. The molecule has 0 aliphatic carbocycles. The molecule has 0 bridgehead atoms. The molecule has 0 aromatic heterocycles. The third kappa shape index (κ3) is 5.27. The smallest absolute Gasteiger partial charge is 0.324 e. The molecule has 2 heterocycles. The number of hydrogen-bond donors (Lipinski definition) is 1. The summed E-state index contributed by atoms with van der Waals surface area (Å²) in [7, 11) is -7.06. The summed E-state index contributed by atoms with van der Waals surface area (Å²) in [5.74, 6) is -1.56. The predicted octanol–water partition coefficient (Wildman–Crippen LogP) is 0.340. The van der Waals surface area contributed by atoms with Gasteiger partial charge in [0.15, 0.2) is 16.4 Å². The van der Waals surface area contributed by atoms with Crippen molar-refractivity contribution in [3.05, 3.63) is 29.3 Å². The maximum absolute atomic E-state index is 12.8. The third-order valence-electron chi connectivity index (χ3n) is 4.84. The summed E-state index contributed by atoms with van der Waals surface area (Å²) >= 11 is 5.79. The van der Waals surface area contributed by atoms with Gasteiger partial charge in [0.2, 0.25) is 10.0 Å². The average Bonchev–Trinajstić information content (AvgIpc) is 3.27. The minimum atomic E-state index is -3.91. The normalized spacial score (nSPS) is 24.3. The molecule has 1 amide bonds. The van der Waals surface area contributed by atoms with Gasteiger partial charge in [0.25, 0.3) is 5.91 Å². The van der Waals surface area contributed by atoms with Gasteiger partial charge in [-0.3, -0.25) is 9.59 Å². The summed E-state index contributed by atoms with van der Waals surface area (Å²) in [4.78, 5) is 24.4. The van der Waals surface area contributed by atoms with E-state index in [4.69, 9.17) is 16.3 Å². The van der Waals surface area contributed by atoms with Crippen LogP contribution < -0.4 is 5.32 Å². The highest BCUT2D eigenvalue weighted by molar-refractivity contribution is 7.91. The Morgan fingerprint density at radius 3 is 2.52 bits per heavy atom. The van der Waals surface area contributed by atoms with Gasteiger partial charge in [-0.25, -0.2) is 16.8 Å². The Hall–Kier alpha value is -1.69. The van der Waals surface area contributed by atoms with Crippen LogP contribution in [0.25, 0.3) is 0 Å². The van der Waals surface area contributed by atoms with E-state index < -0.39 is 50.4 Å². The predicted molar refractivity (Wildman–Crippen MR) is 105 cm³/mol. The summed E-state index contributed by atoms with van der Waals surface area (Å²) in [6.07, 6.45) is 1.09. The lowest BCUT2D eigenvalue weighted by Gasteiger charge is -2.22. The monoisotopic (exact) mass is 464 g/mol. The molecular formula is C17H21ClN2O7S2. The van der Waals surface area contributed by atoms with Gasteiger partial charge in [-0.2, -0.15) is 4.31 Å². The van der Waals surface area contributed by atoms with Gasteiger partial charge in [-0.1, -0.05) is 11.6 Å². The lowest BCUT2D eigenvalue weighted by molar-refractivity contribution is -0.151. The minimum Gasteiger partial charge on any atom is -0.454 e. The summed E-state index contributed by atoms with van der Waals surface area (Å²) in [6, 6.07) is 4.11. The highest BCUT2D eigenvalue weighted by Crippen LogP contribution is 2.27. The van der Waals surface area contributed by atoms with Crippen molar-refractivity contribution in [3.8, 4) is 0 Å². The first-order valence-electron chi connectivity index (χ1n) is 9.02. The van der Waals surface area contributed by atoms with Crippen LogP contribution >= 0.6 is 11.6 Å². The summed E-state index contributed by atoms with van der Waals surface area (Å²) < 4.78 is 54.6. The van der Waals surface area contributed by atoms with Crippen LogP contribution in [-0.2, 0) is 34.2 Å². The first kappa shape index (κ1) is 22.0. The second kappa shape index (κ2) is 8.58. The molecule has 2 aliphatic rings. The molecule has 2 saturated heterocycles. The van der Waals surface area contributed by atoms with E-state index in [0.717, 1.165) is 4.31 Å². The van der Waals surface area contributed by atoms with Crippen LogP contribution in [0.4, 0.5) is 0 Å². The van der Waals surface area contributed by atoms with Crippen LogP contribution in [0.2, 0.25) is 5.02 Å². The lowest BCUT2D eigenvalue weighted by Crippen LogP contribution is -2.43. The molecule has 0 saturated carbocycles. The molecule has 12 heteroatoms. The van der Waals surface area contributed by atoms with Crippen molar-refractivity contribution in [1.29, 1.82) is 0 Å². The zero-order valence-electron chi connectivity index (χ0n) is 15.4. The van der Waals surface area contributed by atoms with Gasteiger partial charge < -0.3 is 10.1 Å². The number of nitrogens with one attached hydrogen (secondary N) is 1. The second-order valence-corrected chi connectivity index (χ2v) is 11.6. The largest absolute Gasteiger partial charge is 0.454 e. The molecule has 160 valence electrons. The van der Waals surface area contributed by atoms with Crippen molar-refractivity contribution in [2.24, 2.45) is 0 Å². The standard InChI is InChI=1S/C17H21ClN2O7S2/c18-12-3-5-14(6-4-12)29(25,26)20-8-1-2-15(20)17(22)27-10-16(21)19-13-7-9-28(23,24)11-13/h3-6,13,15H,1-2,7-11H2,(H,19,21)/t13-,15+/m0/s1. The van der Waals surface area contributed by atoms with Crippen LogP contribution in [-0.4, -0.2) is 69.8 Å². The zero-order valence-corrected chi connectivity index (χ0v) is 17.8. The first-order chi connectivity index (χ1) is 13.6. The van der Waals surface area contributed by atoms with Crippen molar-refractivity contribution >= 4 is 43.3 Å². The van der Waals surface area contributed by atoms with E-state index in [1.807, 2.05) is 0 Å². The number of amides is 1. The van der Waals surface area contributed by atoms with Gasteiger partial charge in [0.1, 0.15) is 6.04 Å². The SMILES string of the molecule is O=C(COC(=O)[C@H]1CCCN1S(=O)(=O)c1ccc(Cl)cc1)N[C@H]1CCS(=O)(=O)C1. The third-order valence-corrected chi connectivity index (χ3v) is 8.78. The first-order valence-corrected chi connectivity index (χ1v) is 12.7. The zero-order chi connectivity index (χ0) is 21.2. The molecule has 0 spiro atoms. The van der Waals surface area contributed by atoms with Gasteiger partial charge in [-0.05, 0) is 43.5 Å². The fraction of sp³-hybridized carbons (Fsp3) is 0.529. The van der Waals surface area contributed by atoms with Crippen LogP contribution in [0.3, 0.4) is 0 Å². The summed E-state index contributed by atoms with van der Waals surface area (Å²) in [5, 5.41) is 2.90. The molecule has 1 N–H and O–H groups in total. The molecule has 2 aliphatic heterocycles. The molecule has 0 radical (unpaired) electrons. The van der Waals surface area contributed by atoms with Gasteiger partial charge in [0, 0.05) is 17.6 Å². The Morgan fingerprint density at radius 1 is 1.21 bits per heavy atom. The fourth-order valence-electron chi connectivity index (χ4n) is 3.42. The summed E-state index contributed by atoms with van der Waals surface area (Å²) in [6.45, 7) is -0.433. The van der Waals surface area contributed by atoms with E-state index in [1.54, 1.807) is 0 Å². The van der Waals surface area contributed by atoms with Crippen LogP contribution in [0.5, 0.6) is 0 Å². The number of sulfonamides is 1. The van der Waals surface area contributed by atoms with E-state index in [1.165, 1.54) is 24.3 Å². The Balaban J connectivity index is 1.58. The highest BCUT2D eigenvalue weighted by Gasteiger charge is 2.40. The van der Waals surface area contributed by atoms with Crippen LogP contribution in [0.15, 0.2) is 29.2 Å².